The zero-order chi connectivity index (χ0) is 13.8. The first kappa shape index (κ1) is 14.0. The van der Waals surface area contributed by atoms with Crippen LogP contribution in [0.25, 0.3) is 0 Å². The fraction of sp³-hybridized carbons (Fsp3) is 0.200. The summed E-state index contributed by atoms with van der Waals surface area (Å²) in [7, 11) is 1.83. The van der Waals surface area contributed by atoms with Gasteiger partial charge < -0.3 is 10.1 Å². The van der Waals surface area contributed by atoms with Crippen LogP contribution in [0.5, 0.6) is 11.5 Å². The monoisotopic (exact) mass is 323 g/mol. The number of halogens is 2. The summed E-state index contributed by atoms with van der Waals surface area (Å²) >= 11 is 3.41. The second-order valence-corrected chi connectivity index (χ2v) is 5.19. The molecule has 100 valence electrons. The molecule has 0 bridgehead atoms. The highest BCUT2D eigenvalue weighted by Crippen LogP contribution is 2.31. The molecule has 0 aliphatic rings. The normalized spacial score (nSPS) is 10.5. The van der Waals surface area contributed by atoms with Crippen molar-refractivity contribution in [2.24, 2.45) is 0 Å². The van der Waals surface area contributed by atoms with Crippen molar-refractivity contribution >= 4 is 15.9 Å². The number of hydrogen-bond donors (Lipinski definition) is 1. The third-order valence-corrected chi connectivity index (χ3v) is 3.30. The van der Waals surface area contributed by atoms with Crippen LogP contribution in [0.4, 0.5) is 4.39 Å². The summed E-state index contributed by atoms with van der Waals surface area (Å²) in [5.74, 6) is 0.468. The van der Waals surface area contributed by atoms with Crippen molar-refractivity contribution in [3.8, 4) is 11.5 Å². The smallest absolute Gasteiger partial charge is 0.166 e. The van der Waals surface area contributed by atoms with Crippen molar-refractivity contribution in [2.75, 3.05) is 7.05 Å². The van der Waals surface area contributed by atoms with Crippen LogP contribution < -0.4 is 10.1 Å². The number of rotatable bonds is 4. The van der Waals surface area contributed by atoms with Gasteiger partial charge in [0.25, 0.3) is 0 Å². The van der Waals surface area contributed by atoms with Gasteiger partial charge >= 0.3 is 0 Å². The van der Waals surface area contributed by atoms with Crippen LogP contribution in [-0.4, -0.2) is 7.05 Å². The van der Waals surface area contributed by atoms with Crippen LogP contribution >= 0.6 is 15.9 Å². The second-order valence-electron chi connectivity index (χ2n) is 4.33. The van der Waals surface area contributed by atoms with Crippen LogP contribution in [0.1, 0.15) is 11.1 Å². The molecule has 4 heteroatoms. The Bertz CT molecular complexity index is 586. The average molecular weight is 324 g/mol. The van der Waals surface area contributed by atoms with Gasteiger partial charge in [-0.3, -0.25) is 0 Å². The van der Waals surface area contributed by atoms with E-state index >= 15 is 0 Å². The number of aryl methyl sites for hydroxylation is 1. The summed E-state index contributed by atoms with van der Waals surface area (Å²) in [6, 6.07) is 10.6. The van der Waals surface area contributed by atoms with E-state index in [0.717, 1.165) is 15.6 Å². The highest BCUT2D eigenvalue weighted by Gasteiger charge is 2.08. The summed E-state index contributed by atoms with van der Waals surface area (Å²) in [4.78, 5) is 0. The van der Waals surface area contributed by atoms with E-state index in [1.54, 1.807) is 6.07 Å². The van der Waals surface area contributed by atoms with Gasteiger partial charge in [0, 0.05) is 6.54 Å². The van der Waals surface area contributed by atoms with Crippen molar-refractivity contribution in [3.05, 3.63) is 57.8 Å². The Morgan fingerprint density at radius 1 is 1.16 bits per heavy atom. The summed E-state index contributed by atoms with van der Waals surface area (Å²) < 4.78 is 20.3. The number of benzene rings is 2. The molecule has 0 aromatic heterocycles. The van der Waals surface area contributed by atoms with Crippen molar-refractivity contribution < 1.29 is 9.13 Å². The minimum atomic E-state index is -0.361. The van der Waals surface area contributed by atoms with E-state index in [9.17, 15) is 4.39 Å². The van der Waals surface area contributed by atoms with Gasteiger partial charge in [-0.25, -0.2) is 4.39 Å². The van der Waals surface area contributed by atoms with E-state index in [1.807, 2.05) is 38.2 Å². The predicted octanol–water partition coefficient (Wildman–Crippen LogP) is 4.41. The molecule has 0 aliphatic heterocycles. The number of nitrogens with one attached hydrogen (secondary N) is 1. The maximum absolute atomic E-state index is 13.9. The fourth-order valence-corrected chi connectivity index (χ4v) is 2.32. The van der Waals surface area contributed by atoms with Crippen LogP contribution in [-0.2, 0) is 6.54 Å². The predicted molar refractivity (Wildman–Crippen MR) is 78.1 cm³/mol. The van der Waals surface area contributed by atoms with E-state index in [4.69, 9.17) is 4.74 Å². The molecule has 0 spiro atoms. The van der Waals surface area contributed by atoms with Gasteiger partial charge in [-0.15, -0.1) is 0 Å². The molecule has 0 fully saturated rings. The zero-order valence-electron chi connectivity index (χ0n) is 10.8. The molecule has 0 atom stereocenters. The van der Waals surface area contributed by atoms with E-state index in [-0.39, 0.29) is 11.6 Å². The van der Waals surface area contributed by atoms with E-state index < -0.39 is 0 Å². The Morgan fingerprint density at radius 3 is 2.53 bits per heavy atom. The average Bonchev–Trinajstić information content (AvgIpc) is 2.36. The van der Waals surface area contributed by atoms with Gasteiger partial charge in [0.1, 0.15) is 5.75 Å². The molecule has 2 nitrogen and oxygen atoms in total. The second kappa shape index (κ2) is 6.17. The summed E-state index contributed by atoms with van der Waals surface area (Å²) in [5, 5.41) is 2.98. The summed E-state index contributed by atoms with van der Waals surface area (Å²) in [6.07, 6.45) is 0. The number of hydrogen-bond acceptors (Lipinski definition) is 2. The number of ether oxygens (including phenoxy) is 1. The van der Waals surface area contributed by atoms with Gasteiger partial charge in [0.05, 0.1) is 4.47 Å². The first-order chi connectivity index (χ1) is 9.10. The molecule has 19 heavy (non-hydrogen) atoms. The Kier molecular flexibility index (Phi) is 4.56. The molecule has 0 saturated heterocycles. The first-order valence-electron chi connectivity index (χ1n) is 5.97. The summed E-state index contributed by atoms with van der Waals surface area (Å²) in [5.41, 5.74) is 2.00. The molecule has 0 saturated carbocycles. The molecule has 2 rings (SSSR count). The molecule has 2 aromatic rings. The van der Waals surface area contributed by atoms with Crippen molar-refractivity contribution in [1.29, 1.82) is 0 Å². The molecular formula is C15H15BrFNO. The topological polar surface area (TPSA) is 21.3 Å². The lowest BCUT2D eigenvalue weighted by molar-refractivity contribution is 0.439. The van der Waals surface area contributed by atoms with E-state index in [1.165, 1.54) is 6.07 Å². The quantitative estimate of drug-likeness (QED) is 0.899. The molecule has 2 aromatic carbocycles. The minimum Gasteiger partial charge on any atom is -0.453 e. The lowest BCUT2D eigenvalue weighted by Crippen LogP contribution is -2.05. The zero-order valence-corrected chi connectivity index (χ0v) is 12.4. The molecule has 1 N–H and O–H groups in total. The van der Waals surface area contributed by atoms with Gasteiger partial charge in [0.15, 0.2) is 11.6 Å². The SMILES string of the molecule is CNCc1ccc(Oc2ccc(C)cc2Br)c(F)c1. The third-order valence-electron chi connectivity index (χ3n) is 2.68. The first-order valence-corrected chi connectivity index (χ1v) is 6.76. The maximum Gasteiger partial charge on any atom is 0.166 e. The molecule has 0 amide bonds. The van der Waals surface area contributed by atoms with Crippen LogP contribution in [0.15, 0.2) is 40.9 Å². The molecule has 0 aliphatic carbocycles. The van der Waals surface area contributed by atoms with Gasteiger partial charge in [0.2, 0.25) is 0 Å². The Hall–Kier alpha value is -1.39. The molecular weight excluding hydrogens is 309 g/mol. The minimum absolute atomic E-state index is 0.226. The lowest BCUT2D eigenvalue weighted by Gasteiger charge is -2.10. The maximum atomic E-state index is 13.9. The molecule has 0 unspecified atom stereocenters. The highest BCUT2D eigenvalue weighted by atomic mass is 79.9. The fourth-order valence-electron chi connectivity index (χ4n) is 1.75. The van der Waals surface area contributed by atoms with Crippen molar-refractivity contribution in [1.82, 2.24) is 5.32 Å². The standard InChI is InChI=1S/C15H15BrFNO/c1-10-3-5-14(12(16)7-10)19-15-6-4-11(9-18-2)8-13(15)17/h3-8,18H,9H2,1-2H3. The molecule has 0 heterocycles. The highest BCUT2D eigenvalue weighted by molar-refractivity contribution is 9.10. The summed E-state index contributed by atoms with van der Waals surface area (Å²) in [6.45, 7) is 2.62. The molecule has 0 radical (unpaired) electrons. The van der Waals surface area contributed by atoms with Gasteiger partial charge in [-0.05, 0) is 65.3 Å². The van der Waals surface area contributed by atoms with E-state index in [0.29, 0.717) is 12.3 Å². The third kappa shape index (κ3) is 3.55. The van der Waals surface area contributed by atoms with Crippen molar-refractivity contribution in [3.63, 3.8) is 0 Å². The van der Waals surface area contributed by atoms with Gasteiger partial charge in [-0.1, -0.05) is 12.1 Å². The van der Waals surface area contributed by atoms with E-state index in [2.05, 4.69) is 21.2 Å². The van der Waals surface area contributed by atoms with Crippen LogP contribution in [0.3, 0.4) is 0 Å². The van der Waals surface area contributed by atoms with Crippen molar-refractivity contribution in [2.45, 2.75) is 13.5 Å². The van der Waals surface area contributed by atoms with Crippen LogP contribution in [0, 0.1) is 12.7 Å². The Morgan fingerprint density at radius 2 is 1.89 bits per heavy atom. The van der Waals surface area contributed by atoms with Gasteiger partial charge in [-0.2, -0.15) is 0 Å². The Balaban J connectivity index is 2.23. The van der Waals surface area contributed by atoms with Crippen LogP contribution in [0.2, 0.25) is 0 Å². The largest absolute Gasteiger partial charge is 0.453 e. The Labute approximate surface area is 120 Å². The lowest BCUT2D eigenvalue weighted by atomic mass is 10.2.